The van der Waals surface area contributed by atoms with Gasteiger partial charge in [0.2, 0.25) is 5.91 Å². The van der Waals surface area contributed by atoms with Gasteiger partial charge in [0.15, 0.2) is 5.13 Å². The number of aryl methyl sites for hydroxylation is 1. The van der Waals surface area contributed by atoms with Gasteiger partial charge < -0.3 is 5.32 Å². The Bertz CT molecular complexity index is 908. The number of hydrogen-bond acceptors (Lipinski definition) is 4. The number of hydrogen-bond donors (Lipinski definition) is 1. The second-order valence-electron chi connectivity index (χ2n) is 5.74. The summed E-state index contributed by atoms with van der Waals surface area (Å²) in [6, 6.07) is 7.98. The Morgan fingerprint density at radius 3 is 2.96 bits per heavy atom. The van der Waals surface area contributed by atoms with Gasteiger partial charge in [-0.3, -0.25) is 9.78 Å². The first-order chi connectivity index (χ1) is 11.1. The van der Waals surface area contributed by atoms with Crippen molar-refractivity contribution in [3.63, 3.8) is 0 Å². The van der Waals surface area contributed by atoms with Crippen molar-refractivity contribution in [3.05, 3.63) is 42.2 Å². The first kappa shape index (κ1) is 14.3. The number of halogens is 1. The van der Waals surface area contributed by atoms with E-state index >= 15 is 0 Å². The number of thiazole rings is 1. The number of nitrogens with zero attached hydrogens (tertiary/aromatic N) is 2. The van der Waals surface area contributed by atoms with Gasteiger partial charge in [-0.2, -0.15) is 0 Å². The average Bonchev–Trinajstić information content (AvgIpc) is 3.13. The molecule has 3 aromatic rings. The van der Waals surface area contributed by atoms with Gasteiger partial charge in [0, 0.05) is 12.4 Å². The molecule has 2 heterocycles. The van der Waals surface area contributed by atoms with Gasteiger partial charge in [0.25, 0.3) is 0 Å². The Balaban J connectivity index is 1.64. The maximum absolute atomic E-state index is 12.9. The van der Waals surface area contributed by atoms with Crippen molar-refractivity contribution in [2.45, 2.75) is 19.5 Å². The highest BCUT2D eigenvalue weighted by atomic mass is 32.1. The van der Waals surface area contributed by atoms with E-state index in [1.54, 1.807) is 6.20 Å². The third kappa shape index (κ3) is 2.70. The topological polar surface area (TPSA) is 54.9 Å². The number of fused-ring (bicyclic) bond motifs is 1. The molecule has 0 bridgehead atoms. The van der Waals surface area contributed by atoms with Gasteiger partial charge in [0.05, 0.1) is 16.1 Å². The Morgan fingerprint density at radius 1 is 1.39 bits per heavy atom. The van der Waals surface area contributed by atoms with E-state index in [1.165, 1.54) is 11.3 Å². The van der Waals surface area contributed by atoms with E-state index in [4.69, 9.17) is 0 Å². The number of anilines is 1. The molecule has 0 aliphatic heterocycles. The van der Waals surface area contributed by atoms with Crippen LogP contribution in [0.5, 0.6) is 0 Å². The number of carbonyl (C=O) groups is 1. The van der Waals surface area contributed by atoms with Crippen molar-refractivity contribution in [2.24, 2.45) is 5.92 Å². The number of benzene rings is 1. The number of aromatic nitrogens is 2. The number of alkyl halides is 1. The molecular weight excluding hydrogens is 313 g/mol. The maximum Gasteiger partial charge on any atom is 0.232 e. The molecule has 1 aromatic carbocycles. The minimum absolute atomic E-state index is 0.276. The highest BCUT2D eigenvalue weighted by Crippen LogP contribution is 2.36. The van der Waals surface area contributed by atoms with E-state index < -0.39 is 12.1 Å². The number of carbonyl (C=O) groups excluding carboxylic acids is 1. The Hall–Kier alpha value is -2.34. The van der Waals surface area contributed by atoms with E-state index in [0.29, 0.717) is 11.6 Å². The minimum Gasteiger partial charge on any atom is -0.302 e. The van der Waals surface area contributed by atoms with Gasteiger partial charge >= 0.3 is 0 Å². The summed E-state index contributed by atoms with van der Waals surface area (Å²) in [6.45, 7) is 2.02. The summed E-state index contributed by atoms with van der Waals surface area (Å²) in [5, 5.41) is 3.23. The molecule has 1 aliphatic rings. The second kappa shape index (κ2) is 5.38. The molecule has 0 saturated heterocycles. The summed E-state index contributed by atoms with van der Waals surface area (Å²) in [5.74, 6) is -0.779. The largest absolute Gasteiger partial charge is 0.302 e. The predicted octanol–water partition coefficient (Wildman–Crippen LogP) is 3.96. The van der Waals surface area contributed by atoms with Crippen molar-refractivity contribution >= 4 is 32.6 Å². The molecule has 4 rings (SSSR count). The van der Waals surface area contributed by atoms with E-state index in [0.717, 1.165) is 26.9 Å². The first-order valence-corrected chi connectivity index (χ1v) is 8.20. The molecule has 0 spiro atoms. The van der Waals surface area contributed by atoms with E-state index in [1.807, 2.05) is 31.3 Å². The van der Waals surface area contributed by atoms with Crippen LogP contribution < -0.4 is 5.32 Å². The van der Waals surface area contributed by atoms with Crippen LogP contribution in [-0.2, 0) is 4.79 Å². The molecule has 1 aliphatic carbocycles. The number of nitrogens with one attached hydrogen (secondary N) is 1. The summed E-state index contributed by atoms with van der Waals surface area (Å²) in [7, 11) is 0. The highest BCUT2D eigenvalue weighted by Gasteiger charge is 2.43. The van der Waals surface area contributed by atoms with E-state index in [9.17, 15) is 9.18 Å². The third-order valence-electron chi connectivity index (χ3n) is 4.00. The summed E-state index contributed by atoms with van der Waals surface area (Å²) in [5.41, 5.74) is 4.14. The molecule has 1 fully saturated rings. The van der Waals surface area contributed by atoms with Crippen molar-refractivity contribution in [1.82, 2.24) is 9.97 Å². The lowest BCUT2D eigenvalue weighted by molar-refractivity contribution is -0.117. The Morgan fingerprint density at radius 2 is 2.22 bits per heavy atom. The highest BCUT2D eigenvalue weighted by molar-refractivity contribution is 7.22. The molecular formula is C17H14FN3OS. The fourth-order valence-corrected chi connectivity index (χ4v) is 3.48. The lowest BCUT2D eigenvalue weighted by Gasteiger charge is -2.04. The number of pyridine rings is 1. The molecule has 6 heteroatoms. The van der Waals surface area contributed by atoms with Crippen LogP contribution in [0.1, 0.15) is 12.0 Å². The van der Waals surface area contributed by atoms with Gasteiger partial charge in [-0.25, -0.2) is 9.37 Å². The fourth-order valence-electron chi connectivity index (χ4n) is 2.58. The summed E-state index contributed by atoms with van der Waals surface area (Å²) in [4.78, 5) is 20.3. The number of rotatable bonds is 3. The van der Waals surface area contributed by atoms with Gasteiger partial charge in [-0.05, 0) is 48.2 Å². The van der Waals surface area contributed by atoms with Crippen molar-refractivity contribution in [1.29, 1.82) is 0 Å². The molecule has 1 N–H and O–H groups in total. The van der Waals surface area contributed by atoms with Gasteiger partial charge in [0.1, 0.15) is 6.17 Å². The third-order valence-corrected chi connectivity index (χ3v) is 4.93. The summed E-state index contributed by atoms with van der Waals surface area (Å²) >= 11 is 1.41. The van der Waals surface area contributed by atoms with Crippen LogP contribution in [0, 0.1) is 12.8 Å². The van der Waals surface area contributed by atoms with Crippen molar-refractivity contribution in [3.8, 4) is 11.1 Å². The molecule has 2 aromatic heterocycles. The maximum atomic E-state index is 12.9. The van der Waals surface area contributed by atoms with Crippen LogP contribution in [0.4, 0.5) is 9.52 Å². The fraction of sp³-hybridized carbons (Fsp3) is 0.235. The lowest BCUT2D eigenvalue weighted by Crippen LogP contribution is -2.14. The predicted molar refractivity (Wildman–Crippen MR) is 89.2 cm³/mol. The van der Waals surface area contributed by atoms with Crippen LogP contribution in [0.15, 0.2) is 36.7 Å². The Labute approximate surface area is 136 Å². The zero-order valence-corrected chi connectivity index (χ0v) is 13.2. The SMILES string of the molecule is Cc1cnccc1-c1ccc2nc(NC(=O)[C@@H]3C[C@@H]3F)sc2c1. The van der Waals surface area contributed by atoms with Crippen LogP contribution in [0.25, 0.3) is 21.3 Å². The van der Waals surface area contributed by atoms with E-state index in [-0.39, 0.29) is 5.91 Å². The van der Waals surface area contributed by atoms with E-state index in [2.05, 4.69) is 21.4 Å². The molecule has 0 unspecified atom stereocenters. The Kier molecular flexibility index (Phi) is 3.34. The quantitative estimate of drug-likeness (QED) is 0.792. The van der Waals surface area contributed by atoms with Crippen molar-refractivity contribution in [2.75, 3.05) is 5.32 Å². The van der Waals surface area contributed by atoms with Crippen molar-refractivity contribution < 1.29 is 9.18 Å². The minimum atomic E-state index is -0.995. The average molecular weight is 327 g/mol. The molecule has 23 heavy (non-hydrogen) atoms. The zero-order valence-electron chi connectivity index (χ0n) is 12.4. The number of amides is 1. The lowest BCUT2D eigenvalue weighted by atomic mass is 10.0. The standard InChI is InChI=1S/C17H14FN3OS/c1-9-8-19-5-4-11(9)10-2-3-14-15(6-10)23-17(20-14)21-16(22)12-7-13(12)18/h2-6,8,12-13H,7H2,1H3,(H,20,21,22)/t12-,13+/m1/s1. The van der Waals surface area contributed by atoms with Crippen LogP contribution in [-0.4, -0.2) is 22.0 Å². The molecule has 4 nitrogen and oxygen atoms in total. The second-order valence-corrected chi connectivity index (χ2v) is 6.77. The molecule has 1 saturated carbocycles. The molecule has 1 amide bonds. The van der Waals surface area contributed by atoms with Gasteiger partial charge in [-0.1, -0.05) is 17.4 Å². The van der Waals surface area contributed by atoms with Gasteiger partial charge in [-0.15, -0.1) is 0 Å². The van der Waals surface area contributed by atoms with Crippen LogP contribution in [0.3, 0.4) is 0 Å². The normalized spacial score (nSPS) is 19.7. The monoisotopic (exact) mass is 327 g/mol. The zero-order chi connectivity index (χ0) is 16.0. The van der Waals surface area contributed by atoms with Crippen LogP contribution >= 0.6 is 11.3 Å². The first-order valence-electron chi connectivity index (χ1n) is 7.38. The summed E-state index contributed by atoms with van der Waals surface area (Å²) < 4.78 is 13.9. The molecule has 2 atom stereocenters. The molecule has 116 valence electrons. The molecule has 0 radical (unpaired) electrons. The van der Waals surface area contributed by atoms with Crippen LogP contribution in [0.2, 0.25) is 0 Å². The smallest absolute Gasteiger partial charge is 0.232 e. The summed E-state index contributed by atoms with van der Waals surface area (Å²) in [6.07, 6.45) is 2.93.